The number of nitrogens with zero attached hydrogens (tertiary/aromatic N) is 2. The summed E-state index contributed by atoms with van der Waals surface area (Å²) in [5.41, 5.74) is 4.47. The second-order valence-corrected chi connectivity index (χ2v) is 6.99. The molecule has 4 rings (SSSR count). The second-order valence-electron chi connectivity index (χ2n) is 6.99. The van der Waals surface area contributed by atoms with Gasteiger partial charge in [-0.2, -0.15) is 0 Å². The molecular formula is C21H25N3O3. The number of nitrogens with one attached hydrogen (secondary N) is 1. The van der Waals surface area contributed by atoms with Crippen LogP contribution in [0, 0.1) is 0 Å². The van der Waals surface area contributed by atoms with Crippen LogP contribution in [0.1, 0.15) is 24.0 Å². The normalized spacial score (nSPS) is 13.9. The molecule has 0 spiro atoms. The van der Waals surface area contributed by atoms with Crippen molar-refractivity contribution < 1.29 is 9.47 Å². The average Bonchev–Trinajstić information content (AvgIpc) is 3.23. The van der Waals surface area contributed by atoms with Gasteiger partial charge in [0.25, 0.3) is 0 Å². The van der Waals surface area contributed by atoms with Gasteiger partial charge < -0.3 is 14.5 Å². The van der Waals surface area contributed by atoms with E-state index in [9.17, 15) is 4.79 Å². The third kappa shape index (κ3) is 3.45. The Balaban J connectivity index is 1.34. The molecule has 1 aliphatic heterocycles. The third-order valence-electron chi connectivity index (χ3n) is 5.28. The SMILES string of the molecule is COc1cc2c(cc1OC)CN(CCCCn1c(=O)[nH]c3ccccc31)C2. The summed E-state index contributed by atoms with van der Waals surface area (Å²) in [6.07, 6.45) is 2.02. The summed E-state index contributed by atoms with van der Waals surface area (Å²) in [6, 6.07) is 12.0. The lowest BCUT2D eigenvalue weighted by atomic mass is 10.1. The zero-order valence-corrected chi connectivity index (χ0v) is 15.8. The lowest BCUT2D eigenvalue weighted by Crippen LogP contribution is -2.20. The first-order valence-corrected chi connectivity index (χ1v) is 9.33. The molecule has 2 aromatic carbocycles. The van der Waals surface area contributed by atoms with E-state index in [0.29, 0.717) is 0 Å². The van der Waals surface area contributed by atoms with Crippen LogP contribution in [0.3, 0.4) is 0 Å². The molecule has 0 unspecified atom stereocenters. The number of H-pyrrole nitrogens is 1. The van der Waals surface area contributed by atoms with Gasteiger partial charge in [-0.15, -0.1) is 0 Å². The average molecular weight is 367 g/mol. The maximum Gasteiger partial charge on any atom is 0.326 e. The van der Waals surface area contributed by atoms with E-state index >= 15 is 0 Å². The fourth-order valence-corrected chi connectivity index (χ4v) is 3.89. The first-order valence-electron chi connectivity index (χ1n) is 9.33. The Morgan fingerprint density at radius 3 is 2.26 bits per heavy atom. The van der Waals surface area contributed by atoms with Crippen molar-refractivity contribution >= 4 is 11.0 Å². The zero-order valence-electron chi connectivity index (χ0n) is 15.8. The topological polar surface area (TPSA) is 59.5 Å². The lowest BCUT2D eigenvalue weighted by molar-refractivity contribution is 0.275. The molecule has 1 aliphatic rings. The van der Waals surface area contributed by atoms with Crippen molar-refractivity contribution in [2.24, 2.45) is 0 Å². The zero-order chi connectivity index (χ0) is 18.8. The highest BCUT2D eigenvalue weighted by molar-refractivity contribution is 5.74. The Hall–Kier alpha value is -2.73. The molecule has 6 heteroatoms. The molecule has 0 saturated carbocycles. The van der Waals surface area contributed by atoms with E-state index in [-0.39, 0.29) is 5.69 Å². The molecule has 1 aromatic heterocycles. The van der Waals surface area contributed by atoms with Crippen molar-refractivity contribution in [3.8, 4) is 11.5 Å². The van der Waals surface area contributed by atoms with Crippen LogP contribution in [-0.4, -0.2) is 35.2 Å². The standard InChI is InChI=1S/C21H25N3O3/c1-26-19-11-15-13-23(14-16(15)12-20(19)27-2)9-5-6-10-24-18-8-4-3-7-17(18)22-21(24)25/h3-4,7-8,11-12H,5-6,9-10,13-14H2,1-2H3,(H,22,25). The summed E-state index contributed by atoms with van der Waals surface area (Å²) >= 11 is 0. The Morgan fingerprint density at radius 1 is 0.963 bits per heavy atom. The molecule has 0 bridgehead atoms. The molecule has 0 radical (unpaired) electrons. The summed E-state index contributed by atoms with van der Waals surface area (Å²) < 4.78 is 12.6. The van der Waals surface area contributed by atoms with Crippen molar-refractivity contribution in [3.05, 3.63) is 58.0 Å². The number of hydrogen-bond acceptors (Lipinski definition) is 4. The number of ether oxygens (including phenoxy) is 2. The molecule has 0 fully saturated rings. The quantitative estimate of drug-likeness (QED) is 0.652. The van der Waals surface area contributed by atoms with Gasteiger partial charge in [0.05, 0.1) is 25.3 Å². The van der Waals surface area contributed by atoms with Crippen LogP contribution < -0.4 is 15.2 Å². The minimum Gasteiger partial charge on any atom is -0.493 e. The van der Waals surface area contributed by atoms with Crippen molar-refractivity contribution in [1.82, 2.24) is 14.5 Å². The van der Waals surface area contributed by atoms with Gasteiger partial charge in [-0.05, 0) is 54.8 Å². The fraction of sp³-hybridized carbons (Fsp3) is 0.381. The third-order valence-corrected chi connectivity index (χ3v) is 5.28. The predicted octanol–water partition coefficient (Wildman–Crippen LogP) is 3.14. The molecule has 142 valence electrons. The van der Waals surface area contributed by atoms with Crippen LogP contribution in [0.25, 0.3) is 11.0 Å². The van der Waals surface area contributed by atoms with Crippen molar-refractivity contribution in [3.63, 3.8) is 0 Å². The summed E-state index contributed by atoms with van der Waals surface area (Å²) in [5.74, 6) is 1.58. The van der Waals surface area contributed by atoms with Gasteiger partial charge in [-0.25, -0.2) is 4.79 Å². The van der Waals surface area contributed by atoms with Crippen LogP contribution in [-0.2, 0) is 19.6 Å². The van der Waals surface area contributed by atoms with Gasteiger partial charge in [-0.3, -0.25) is 9.47 Å². The number of benzene rings is 2. The summed E-state index contributed by atoms with van der Waals surface area (Å²) in [6.45, 7) is 3.62. The Bertz CT molecular complexity index is 973. The number of aromatic amines is 1. The number of aryl methyl sites for hydroxylation is 1. The highest BCUT2D eigenvalue weighted by Crippen LogP contribution is 2.34. The van der Waals surface area contributed by atoms with Crippen LogP contribution in [0.15, 0.2) is 41.2 Å². The number of rotatable bonds is 7. The molecule has 3 aromatic rings. The highest BCUT2D eigenvalue weighted by atomic mass is 16.5. The lowest BCUT2D eigenvalue weighted by Gasteiger charge is -2.14. The Morgan fingerprint density at radius 2 is 1.59 bits per heavy atom. The van der Waals surface area contributed by atoms with Crippen LogP contribution in [0.4, 0.5) is 0 Å². The summed E-state index contributed by atoms with van der Waals surface area (Å²) in [4.78, 5) is 17.5. The predicted molar refractivity (Wildman–Crippen MR) is 105 cm³/mol. The first-order chi connectivity index (χ1) is 13.2. The van der Waals surface area contributed by atoms with Crippen LogP contribution in [0.2, 0.25) is 0 Å². The van der Waals surface area contributed by atoms with Gasteiger partial charge in [-0.1, -0.05) is 12.1 Å². The Labute approximate surface area is 158 Å². The van der Waals surface area contributed by atoms with E-state index < -0.39 is 0 Å². The van der Waals surface area contributed by atoms with E-state index in [4.69, 9.17) is 9.47 Å². The van der Waals surface area contributed by atoms with Crippen LogP contribution >= 0.6 is 0 Å². The number of fused-ring (bicyclic) bond motifs is 2. The van der Waals surface area contributed by atoms with Gasteiger partial charge in [0.15, 0.2) is 11.5 Å². The molecule has 0 saturated heterocycles. The van der Waals surface area contributed by atoms with Crippen molar-refractivity contribution in [2.75, 3.05) is 20.8 Å². The van der Waals surface area contributed by atoms with Crippen molar-refractivity contribution in [2.45, 2.75) is 32.5 Å². The number of methoxy groups -OCH3 is 2. The minimum absolute atomic E-state index is 0.0241. The van der Waals surface area contributed by atoms with Gasteiger partial charge in [0.1, 0.15) is 0 Å². The maximum atomic E-state index is 12.1. The van der Waals surface area contributed by atoms with Crippen molar-refractivity contribution in [1.29, 1.82) is 0 Å². The molecule has 0 atom stereocenters. The van der Waals surface area contributed by atoms with E-state index in [1.54, 1.807) is 14.2 Å². The molecule has 2 heterocycles. The fourth-order valence-electron chi connectivity index (χ4n) is 3.89. The van der Waals surface area contributed by atoms with Gasteiger partial charge >= 0.3 is 5.69 Å². The number of unbranched alkanes of at least 4 members (excludes halogenated alkanes) is 1. The van der Waals surface area contributed by atoms with Crippen LogP contribution in [0.5, 0.6) is 11.5 Å². The van der Waals surface area contributed by atoms with E-state index in [2.05, 4.69) is 22.0 Å². The second kappa shape index (κ2) is 7.48. The maximum absolute atomic E-state index is 12.1. The number of aromatic nitrogens is 2. The van der Waals surface area contributed by atoms with E-state index in [1.807, 2.05) is 28.8 Å². The summed E-state index contributed by atoms with van der Waals surface area (Å²) in [7, 11) is 3.34. The van der Waals surface area contributed by atoms with Gasteiger partial charge in [0.2, 0.25) is 0 Å². The summed E-state index contributed by atoms with van der Waals surface area (Å²) in [5, 5.41) is 0. The highest BCUT2D eigenvalue weighted by Gasteiger charge is 2.21. The number of hydrogen-bond donors (Lipinski definition) is 1. The van der Waals surface area contributed by atoms with Gasteiger partial charge in [0, 0.05) is 19.6 Å². The first kappa shape index (κ1) is 17.7. The largest absolute Gasteiger partial charge is 0.493 e. The molecule has 0 amide bonds. The van der Waals surface area contributed by atoms with E-state index in [1.165, 1.54) is 11.1 Å². The molecule has 0 aliphatic carbocycles. The molecule has 27 heavy (non-hydrogen) atoms. The number of para-hydroxylation sites is 2. The smallest absolute Gasteiger partial charge is 0.326 e. The minimum atomic E-state index is -0.0241. The van der Waals surface area contributed by atoms with E-state index in [0.717, 1.165) is 61.6 Å². The molecule has 1 N–H and O–H groups in total. The molecule has 6 nitrogen and oxygen atoms in total. The Kier molecular flexibility index (Phi) is 4.90. The molecular weight excluding hydrogens is 342 g/mol. The monoisotopic (exact) mass is 367 g/mol. The number of imidazole rings is 1.